The van der Waals surface area contributed by atoms with Gasteiger partial charge in [0.15, 0.2) is 0 Å². The van der Waals surface area contributed by atoms with Crippen molar-refractivity contribution in [2.75, 3.05) is 4.31 Å². The molecule has 1 N–H and O–H groups in total. The molecule has 6 heteroatoms. The second-order valence-corrected chi connectivity index (χ2v) is 9.69. The van der Waals surface area contributed by atoms with Gasteiger partial charge in [-0.1, -0.05) is 48.0 Å². The zero-order valence-corrected chi connectivity index (χ0v) is 18.5. The molecule has 0 radical (unpaired) electrons. The first-order chi connectivity index (χ1) is 14.8. The number of pyridine rings is 1. The Morgan fingerprint density at radius 2 is 1.52 bits per heavy atom. The van der Waals surface area contributed by atoms with Crippen LogP contribution >= 0.6 is 0 Å². The maximum Gasteiger partial charge on any atom is 0.264 e. The molecule has 4 rings (SSSR count). The molecule has 0 bridgehead atoms. The summed E-state index contributed by atoms with van der Waals surface area (Å²) in [6.07, 6.45) is 0. The van der Waals surface area contributed by atoms with Gasteiger partial charge in [-0.3, -0.25) is 9.10 Å². The molecule has 0 aliphatic rings. The third-order valence-electron chi connectivity index (χ3n) is 5.39. The van der Waals surface area contributed by atoms with Crippen LogP contribution < -0.4 is 9.86 Å². The number of anilines is 1. The highest BCUT2D eigenvalue weighted by Crippen LogP contribution is 2.28. The van der Waals surface area contributed by atoms with E-state index in [4.69, 9.17) is 0 Å². The van der Waals surface area contributed by atoms with Crippen LogP contribution in [-0.4, -0.2) is 13.4 Å². The van der Waals surface area contributed by atoms with Crippen molar-refractivity contribution < 1.29 is 8.42 Å². The summed E-state index contributed by atoms with van der Waals surface area (Å²) < 4.78 is 28.6. The van der Waals surface area contributed by atoms with E-state index in [1.54, 1.807) is 42.5 Å². The lowest BCUT2D eigenvalue weighted by Crippen LogP contribution is -2.33. The van der Waals surface area contributed by atoms with Crippen molar-refractivity contribution in [2.24, 2.45) is 0 Å². The molecule has 0 saturated heterocycles. The average Bonchev–Trinajstić information content (AvgIpc) is 2.73. The first kappa shape index (κ1) is 20.9. The molecule has 0 amide bonds. The van der Waals surface area contributed by atoms with Gasteiger partial charge in [-0.15, -0.1) is 0 Å². The second-order valence-electron chi connectivity index (χ2n) is 7.83. The summed E-state index contributed by atoms with van der Waals surface area (Å²) in [6, 6.07) is 21.6. The lowest BCUT2D eigenvalue weighted by atomic mass is 10.1. The van der Waals surface area contributed by atoms with E-state index >= 15 is 0 Å². The minimum absolute atomic E-state index is 0.0692. The van der Waals surface area contributed by atoms with Gasteiger partial charge in [0.05, 0.1) is 17.1 Å². The van der Waals surface area contributed by atoms with E-state index in [-0.39, 0.29) is 17.0 Å². The van der Waals surface area contributed by atoms with Crippen molar-refractivity contribution in [1.82, 2.24) is 4.98 Å². The number of rotatable bonds is 5. The predicted octanol–water partition coefficient (Wildman–Crippen LogP) is 4.85. The van der Waals surface area contributed by atoms with Crippen molar-refractivity contribution in [1.29, 1.82) is 0 Å². The highest BCUT2D eigenvalue weighted by molar-refractivity contribution is 7.92. The van der Waals surface area contributed by atoms with Crippen LogP contribution in [0.15, 0.2) is 82.5 Å². The van der Waals surface area contributed by atoms with Crippen molar-refractivity contribution in [3.05, 3.63) is 105 Å². The van der Waals surface area contributed by atoms with Gasteiger partial charge in [-0.2, -0.15) is 0 Å². The Labute approximate surface area is 182 Å². The zero-order valence-electron chi connectivity index (χ0n) is 17.7. The Morgan fingerprint density at radius 1 is 0.839 bits per heavy atom. The van der Waals surface area contributed by atoms with Gasteiger partial charge in [-0.25, -0.2) is 8.42 Å². The monoisotopic (exact) mass is 432 g/mol. The van der Waals surface area contributed by atoms with Gasteiger partial charge in [0.1, 0.15) is 0 Å². The minimum Gasteiger partial charge on any atom is -0.322 e. The Hall–Kier alpha value is -3.38. The maximum absolute atomic E-state index is 13.6. The van der Waals surface area contributed by atoms with Gasteiger partial charge >= 0.3 is 0 Å². The number of fused-ring (bicyclic) bond motifs is 1. The first-order valence-corrected chi connectivity index (χ1v) is 11.5. The summed E-state index contributed by atoms with van der Waals surface area (Å²) in [5.74, 6) is 0. The van der Waals surface area contributed by atoms with Crippen LogP contribution in [0.3, 0.4) is 0 Å². The van der Waals surface area contributed by atoms with Crippen LogP contribution in [0.5, 0.6) is 0 Å². The van der Waals surface area contributed by atoms with Crippen LogP contribution in [0.2, 0.25) is 0 Å². The van der Waals surface area contributed by atoms with E-state index in [9.17, 15) is 13.2 Å². The molecule has 0 spiro atoms. The molecule has 0 atom stereocenters. The molecule has 31 heavy (non-hydrogen) atoms. The molecule has 0 unspecified atom stereocenters. The fourth-order valence-electron chi connectivity index (χ4n) is 3.61. The van der Waals surface area contributed by atoms with Gasteiger partial charge in [0.25, 0.3) is 15.6 Å². The molecule has 0 saturated carbocycles. The van der Waals surface area contributed by atoms with E-state index < -0.39 is 10.0 Å². The smallest absolute Gasteiger partial charge is 0.264 e. The number of aromatic nitrogens is 1. The zero-order chi connectivity index (χ0) is 22.2. The third-order valence-corrected chi connectivity index (χ3v) is 7.16. The summed E-state index contributed by atoms with van der Waals surface area (Å²) in [6.45, 7) is 5.66. The Bertz CT molecular complexity index is 1420. The van der Waals surface area contributed by atoms with Gasteiger partial charge in [0.2, 0.25) is 0 Å². The number of hydrogen-bond acceptors (Lipinski definition) is 3. The Kier molecular flexibility index (Phi) is 5.41. The van der Waals surface area contributed by atoms with Crippen molar-refractivity contribution in [3.8, 4) is 0 Å². The fraction of sp³-hybridized carbons (Fsp3) is 0.160. The van der Waals surface area contributed by atoms with E-state index in [1.807, 2.05) is 51.1 Å². The van der Waals surface area contributed by atoms with Crippen LogP contribution in [0.4, 0.5) is 5.69 Å². The maximum atomic E-state index is 13.6. The van der Waals surface area contributed by atoms with E-state index in [2.05, 4.69) is 4.98 Å². The fourth-order valence-corrected chi connectivity index (χ4v) is 5.12. The molecule has 0 aliphatic carbocycles. The molecule has 158 valence electrons. The van der Waals surface area contributed by atoms with Gasteiger partial charge < -0.3 is 4.98 Å². The summed E-state index contributed by atoms with van der Waals surface area (Å²) in [7, 11) is -3.89. The molecule has 3 aromatic carbocycles. The average molecular weight is 433 g/mol. The summed E-state index contributed by atoms with van der Waals surface area (Å²) in [5.41, 5.74) is 4.20. The molecular formula is C25H24N2O3S. The van der Waals surface area contributed by atoms with Crippen LogP contribution in [0, 0.1) is 20.8 Å². The number of nitrogens with one attached hydrogen (secondary N) is 1. The number of hydrogen-bond donors (Lipinski definition) is 1. The molecular weight excluding hydrogens is 408 g/mol. The highest BCUT2D eigenvalue weighted by atomic mass is 32.2. The molecule has 0 aliphatic heterocycles. The number of nitrogens with zero attached hydrogens (tertiary/aromatic N) is 1. The second kappa shape index (κ2) is 8.04. The van der Waals surface area contributed by atoms with Gasteiger partial charge in [-0.05, 0) is 67.6 Å². The van der Waals surface area contributed by atoms with Crippen LogP contribution in [-0.2, 0) is 16.6 Å². The van der Waals surface area contributed by atoms with Crippen molar-refractivity contribution in [2.45, 2.75) is 32.2 Å². The SMILES string of the molecule is Cc1ccc(S(=O)(=O)N(Cc2cc3ccc(C)cc3[nH]c2=O)c2ccccc2C)cc1. The number of H-pyrrole nitrogens is 1. The lowest BCUT2D eigenvalue weighted by Gasteiger charge is -2.26. The number of aromatic amines is 1. The van der Waals surface area contributed by atoms with E-state index in [0.29, 0.717) is 11.3 Å². The van der Waals surface area contributed by atoms with Crippen LogP contribution in [0.1, 0.15) is 22.3 Å². The van der Waals surface area contributed by atoms with E-state index in [0.717, 1.165) is 27.6 Å². The Morgan fingerprint density at radius 3 is 2.23 bits per heavy atom. The topological polar surface area (TPSA) is 70.2 Å². The van der Waals surface area contributed by atoms with Crippen molar-refractivity contribution >= 4 is 26.6 Å². The predicted molar refractivity (Wildman–Crippen MR) is 125 cm³/mol. The van der Waals surface area contributed by atoms with Gasteiger partial charge in [0, 0.05) is 11.1 Å². The minimum atomic E-state index is -3.89. The summed E-state index contributed by atoms with van der Waals surface area (Å²) in [4.78, 5) is 15.9. The Balaban J connectivity index is 1.86. The summed E-state index contributed by atoms with van der Waals surface area (Å²) >= 11 is 0. The number of benzene rings is 3. The number of aryl methyl sites for hydroxylation is 3. The molecule has 1 aromatic heterocycles. The third kappa shape index (κ3) is 4.11. The van der Waals surface area contributed by atoms with Crippen LogP contribution in [0.25, 0.3) is 10.9 Å². The van der Waals surface area contributed by atoms with E-state index in [1.165, 1.54) is 4.31 Å². The molecule has 5 nitrogen and oxygen atoms in total. The first-order valence-electron chi connectivity index (χ1n) is 10.0. The lowest BCUT2D eigenvalue weighted by molar-refractivity contribution is 0.590. The number of sulfonamides is 1. The molecule has 0 fully saturated rings. The molecule has 1 heterocycles. The van der Waals surface area contributed by atoms with Crippen molar-refractivity contribution in [3.63, 3.8) is 0 Å². The highest BCUT2D eigenvalue weighted by Gasteiger charge is 2.27. The normalized spacial score (nSPS) is 11.6. The quantitative estimate of drug-likeness (QED) is 0.490. The standard InChI is InChI=1S/C25H24N2O3S/c1-17-9-12-22(13-10-17)31(29,30)27(24-7-5-4-6-19(24)3)16-21-15-20-11-8-18(2)14-23(20)26-25(21)28/h4-15H,16H2,1-3H3,(H,26,28). The molecule has 4 aromatic rings. The number of para-hydroxylation sites is 1. The largest absolute Gasteiger partial charge is 0.322 e. The summed E-state index contributed by atoms with van der Waals surface area (Å²) in [5, 5.41) is 0.859.